The van der Waals surface area contributed by atoms with Crippen molar-refractivity contribution < 1.29 is 9.59 Å². The average molecular weight is 371 g/mol. The Morgan fingerprint density at radius 1 is 0.964 bits per heavy atom. The van der Waals surface area contributed by atoms with Gasteiger partial charge in [0.2, 0.25) is 5.91 Å². The zero-order valence-electron chi connectivity index (χ0n) is 15.4. The van der Waals surface area contributed by atoms with Gasteiger partial charge in [-0.05, 0) is 34.9 Å². The van der Waals surface area contributed by atoms with Gasteiger partial charge in [-0.15, -0.1) is 0 Å². The molecule has 0 aliphatic carbocycles. The predicted molar refractivity (Wildman–Crippen MR) is 106 cm³/mol. The van der Waals surface area contributed by atoms with Crippen LogP contribution < -0.4 is 5.32 Å². The van der Waals surface area contributed by atoms with Crippen LogP contribution in [0.2, 0.25) is 0 Å². The molecule has 1 atom stereocenters. The summed E-state index contributed by atoms with van der Waals surface area (Å²) < 4.78 is 0. The molecule has 0 bridgehead atoms. The smallest absolute Gasteiger partial charge is 0.255 e. The first-order valence-electron chi connectivity index (χ1n) is 9.32. The maximum Gasteiger partial charge on any atom is 0.255 e. The van der Waals surface area contributed by atoms with Gasteiger partial charge in [-0.25, -0.2) is 0 Å². The fourth-order valence-corrected chi connectivity index (χ4v) is 3.52. The molecule has 3 aromatic rings. The van der Waals surface area contributed by atoms with Crippen LogP contribution in [0.3, 0.4) is 0 Å². The van der Waals surface area contributed by atoms with Gasteiger partial charge in [-0.3, -0.25) is 14.6 Å². The minimum Gasteiger partial charge on any atom is -0.350 e. The highest BCUT2D eigenvalue weighted by Crippen LogP contribution is 2.26. The molecule has 0 saturated carbocycles. The van der Waals surface area contributed by atoms with Crippen molar-refractivity contribution in [1.82, 2.24) is 15.2 Å². The van der Waals surface area contributed by atoms with Crippen molar-refractivity contribution in [3.05, 3.63) is 101 Å². The minimum absolute atomic E-state index is 0.0874. The number of pyridine rings is 1. The Balaban J connectivity index is 1.55. The summed E-state index contributed by atoms with van der Waals surface area (Å²) in [6.45, 7) is 0.858. The van der Waals surface area contributed by atoms with E-state index in [1.807, 2.05) is 66.7 Å². The molecule has 5 heteroatoms. The van der Waals surface area contributed by atoms with Crippen LogP contribution in [0.25, 0.3) is 0 Å². The quantitative estimate of drug-likeness (QED) is 0.725. The number of rotatable bonds is 6. The van der Waals surface area contributed by atoms with Gasteiger partial charge in [0.25, 0.3) is 5.91 Å². The minimum atomic E-state index is -0.566. The molecule has 0 saturated heterocycles. The molecule has 0 spiro atoms. The first-order chi connectivity index (χ1) is 13.7. The van der Waals surface area contributed by atoms with E-state index in [0.29, 0.717) is 25.1 Å². The number of aromatic nitrogens is 1. The molecule has 140 valence electrons. The fourth-order valence-electron chi connectivity index (χ4n) is 3.52. The highest BCUT2D eigenvalue weighted by Gasteiger charge is 2.36. The molecule has 1 unspecified atom stereocenters. The third kappa shape index (κ3) is 3.78. The summed E-state index contributed by atoms with van der Waals surface area (Å²) >= 11 is 0. The van der Waals surface area contributed by atoms with Crippen molar-refractivity contribution in [2.75, 3.05) is 0 Å². The normalized spacial score (nSPS) is 13.9. The number of hydrogen-bond acceptors (Lipinski definition) is 3. The fraction of sp³-hybridized carbons (Fsp3) is 0.174. The SMILES string of the molecule is O=C(NCc1ccncc1)C(Cc1ccccc1)N1Cc2ccccc2C1=O. The van der Waals surface area contributed by atoms with Crippen molar-refractivity contribution in [3.63, 3.8) is 0 Å². The molecular formula is C23H21N3O2. The Morgan fingerprint density at radius 3 is 2.43 bits per heavy atom. The number of carbonyl (C=O) groups is 2. The van der Waals surface area contributed by atoms with Crippen LogP contribution in [0.1, 0.15) is 27.0 Å². The molecule has 1 aliphatic heterocycles. The van der Waals surface area contributed by atoms with Crippen molar-refractivity contribution >= 4 is 11.8 Å². The molecule has 0 fully saturated rings. The summed E-state index contributed by atoms with van der Waals surface area (Å²) in [5.41, 5.74) is 3.64. The Bertz CT molecular complexity index is 973. The van der Waals surface area contributed by atoms with Gasteiger partial charge in [0.05, 0.1) is 0 Å². The van der Waals surface area contributed by atoms with Gasteiger partial charge < -0.3 is 10.2 Å². The van der Waals surface area contributed by atoms with E-state index < -0.39 is 6.04 Å². The lowest BCUT2D eigenvalue weighted by molar-refractivity contribution is -0.125. The Labute approximate surface area is 164 Å². The van der Waals surface area contributed by atoms with Crippen LogP contribution in [0.4, 0.5) is 0 Å². The molecule has 2 heterocycles. The van der Waals surface area contributed by atoms with E-state index in [1.54, 1.807) is 17.3 Å². The highest BCUT2D eigenvalue weighted by atomic mass is 16.2. The first kappa shape index (κ1) is 17.9. The van der Waals surface area contributed by atoms with Crippen molar-refractivity contribution in [2.45, 2.75) is 25.6 Å². The highest BCUT2D eigenvalue weighted by molar-refractivity contribution is 6.01. The largest absolute Gasteiger partial charge is 0.350 e. The van der Waals surface area contributed by atoms with Crippen LogP contribution in [0.15, 0.2) is 79.1 Å². The van der Waals surface area contributed by atoms with Gasteiger partial charge >= 0.3 is 0 Å². The van der Waals surface area contributed by atoms with Crippen molar-refractivity contribution in [3.8, 4) is 0 Å². The molecular weight excluding hydrogens is 350 g/mol. The monoisotopic (exact) mass is 371 g/mol. The third-order valence-electron chi connectivity index (χ3n) is 5.02. The van der Waals surface area contributed by atoms with E-state index in [1.165, 1.54) is 0 Å². The van der Waals surface area contributed by atoms with Gasteiger partial charge in [-0.2, -0.15) is 0 Å². The Morgan fingerprint density at radius 2 is 1.68 bits per heavy atom. The second kappa shape index (κ2) is 8.05. The maximum atomic E-state index is 13.1. The standard InChI is InChI=1S/C23H21N3O2/c27-22(25-15-18-10-12-24-13-11-18)21(14-17-6-2-1-3-7-17)26-16-19-8-4-5-9-20(19)23(26)28/h1-13,21H,14-16H2,(H,25,27). The van der Waals surface area contributed by atoms with Gasteiger partial charge in [0.1, 0.15) is 6.04 Å². The number of nitrogens with one attached hydrogen (secondary N) is 1. The van der Waals surface area contributed by atoms with Crippen LogP contribution >= 0.6 is 0 Å². The van der Waals surface area contributed by atoms with E-state index in [2.05, 4.69) is 10.3 Å². The first-order valence-corrected chi connectivity index (χ1v) is 9.32. The van der Waals surface area contributed by atoms with Crippen molar-refractivity contribution in [2.24, 2.45) is 0 Å². The van der Waals surface area contributed by atoms with E-state index >= 15 is 0 Å². The summed E-state index contributed by atoms with van der Waals surface area (Å²) in [6.07, 6.45) is 3.87. The summed E-state index contributed by atoms with van der Waals surface area (Å²) in [7, 11) is 0. The van der Waals surface area contributed by atoms with Crippen molar-refractivity contribution in [1.29, 1.82) is 0 Å². The number of nitrogens with zero attached hydrogens (tertiary/aromatic N) is 2. The maximum absolute atomic E-state index is 13.1. The summed E-state index contributed by atoms with van der Waals surface area (Å²) in [6, 6.07) is 20.5. The van der Waals surface area contributed by atoms with E-state index in [-0.39, 0.29) is 11.8 Å². The molecule has 1 aromatic heterocycles. The average Bonchev–Trinajstić information content (AvgIpc) is 3.08. The molecule has 1 aliphatic rings. The molecule has 0 radical (unpaired) electrons. The van der Waals surface area contributed by atoms with Gasteiger partial charge in [0, 0.05) is 37.5 Å². The molecule has 1 N–H and O–H groups in total. The summed E-state index contributed by atoms with van der Waals surface area (Å²) in [4.78, 5) is 31.7. The zero-order valence-corrected chi connectivity index (χ0v) is 15.4. The lowest BCUT2D eigenvalue weighted by Gasteiger charge is -2.27. The van der Waals surface area contributed by atoms with Crippen LogP contribution in [0, 0.1) is 0 Å². The number of carbonyl (C=O) groups excluding carboxylic acids is 2. The third-order valence-corrected chi connectivity index (χ3v) is 5.02. The second-order valence-corrected chi connectivity index (χ2v) is 6.87. The number of hydrogen-bond donors (Lipinski definition) is 1. The number of fused-ring (bicyclic) bond motifs is 1. The lowest BCUT2D eigenvalue weighted by atomic mass is 10.0. The molecule has 4 rings (SSSR count). The summed E-state index contributed by atoms with van der Waals surface area (Å²) in [5, 5.41) is 2.98. The molecule has 5 nitrogen and oxygen atoms in total. The molecule has 2 aromatic carbocycles. The van der Waals surface area contributed by atoms with Crippen LogP contribution in [0.5, 0.6) is 0 Å². The van der Waals surface area contributed by atoms with Crippen LogP contribution in [-0.2, 0) is 24.3 Å². The topological polar surface area (TPSA) is 62.3 Å². The molecule has 28 heavy (non-hydrogen) atoms. The van der Waals surface area contributed by atoms with Gasteiger partial charge in [0.15, 0.2) is 0 Å². The zero-order chi connectivity index (χ0) is 19.3. The number of benzene rings is 2. The van der Waals surface area contributed by atoms with E-state index in [0.717, 1.165) is 16.7 Å². The Hall–Kier alpha value is -3.47. The second-order valence-electron chi connectivity index (χ2n) is 6.87. The Kier molecular flexibility index (Phi) is 5.15. The van der Waals surface area contributed by atoms with E-state index in [9.17, 15) is 9.59 Å². The predicted octanol–water partition coefficient (Wildman–Crippen LogP) is 2.97. The van der Waals surface area contributed by atoms with Crippen LogP contribution in [-0.4, -0.2) is 27.7 Å². The van der Waals surface area contributed by atoms with E-state index in [4.69, 9.17) is 0 Å². The molecule has 2 amide bonds. The number of amides is 2. The van der Waals surface area contributed by atoms with Gasteiger partial charge in [-0.1, -0.05) is 48.5 Å². The lowest BCUT2D eigenvalue weighted by Crippen LogP contribution is -2.48. The summed E-state index contributed by atoms with van der Waals surface area (Å²) in [5.74, 6) is -0.239.